The first-order chi connectivity index (χ1) is 13.3. The van der Waals surface area contributed by atoms with Gasteiger partial charge in [-0.25, -0.2) is 3.93 Å². The molecule has 1 heterocycles. The molecule has 1 rings (SSSR count). The SMILES string of the molecule is CCOCCOCCOCCOCCOCCN1C(=O)C(C)(C)N(Br)C1(C)C. The molecular formula is C19H37BrN2O6. The second kappa shape index (κ2) is 13.1. The molecule has 0 aromatic rings. The fourth-order valence-corrected chi connectivity index (χ4v) is 3.35. The Hall–Kier alpha value is -0.290. The number of rotatable bonds is 16. The third-order valence-corrected chi connectivity index (χ3v) is 6.31. The minimum atomic E-state index is -0.569. The smallest absolute Gasteiger partial charge is 0.245 e. The van der Waals surface area contributed by atoms with Crippen molar-refractivity contribution in [1.82, 2.24) is 8.83 Å². The quantitative estimate of drug-likeness (QED) is 0.253. The molecule has 166 valence electrons. The highest BCUT2D eigenvalue weighted by molar-refractivity contribution is 9.07. The van der Waals surface area contributed by atoms with Crippen LogP contribution in [-0.4, -0.2) is 98.5 Å². The molecule has 1 fully saturated rings. The minimum Gasteiger partial charge on any atom is -0.379 e. The van der Waals surface area contributed by atoms with Crippen molar-refractivity contribution in [2.75, 3.05) is 72.6 Å². The molecule has 0 radical (unpaired) electrons. The summed E-state index contributed by atoms with van der Waals surface area (Å²) in [6.45, 7) is 15.9. The number of ether oxygens (including phenoxy) is 5. The van der Waals surface area contributed by atoms with Crippen molar-refractivity contribution in [3.63, 3.8) is 0 Å². The van der Waals surface area contributed by atoms with Crippen molar-refractivity contribution in [1.29, 1.82) is 0 Å². The normalized spacial score (nSPS) is 18.9. The Balaban J connectivity index is 1.96. The van der Waals surface area contributed by atoms with Crippen LogP contribution in [0, 0.1) is 0 Å². The zero-order valence-corrected chi connectivity index (χ0v) is 19.6. The van der Waals surface area contributed by atoms with Gasteiger partial charge < -0.3 is 28.6 Å². The van der Waals surface area contributed by atoms with Gasteiger partial charge in [0.2, 0.25) is 5.91 Å². The van der Waals surface area contributed by atoms with Gasteiger partial charge in [-0.1, -0.05) is 0 Å². The first-order valence-corrected chi connectivity index (χ1v) is 10.6. The van der Waals surface area contributed by atoms with Gasteiger partial charge in [0.1, 0.15) is 11.2 Å². The third-order valence-electron chi connectivity index (χ3n) is 4.55. The third kappa shape index (κ3) is 7.85. The van der Waals surface area contributed by atoms with Crippen LogP contribution in [-0.2, 0) is 28.5 Å². The zero-order valence-electron chi connectivity index (χ0n) is 18.0. The monoisotopic (exact) mass is 468 g/mol. The lowest BCUT2D eigenvalue weighted by molar-refractivity contribution is -0.134. The molecule has 28 heavy (non-hydrogen) atoms. The average Bonchev–Trinajstić information content (AvgIpc) is 2.76. The summed E-state index contributed by atoms with van der Waals surface area (Å²) >= 11 is 3.53. The molecule has 0 aromatic carbocycles. The van der Waals surface area contributed by atoms with Crippen molar-refractivity contribution >= 4 is 22.1 Å². The van der Waals surface area contributed by atoms with Crippen LogP contribution in [0.15, 0.2) is 0 Å². The summed E-state index contributed by atoms with van der Waals surface area (Å²) in [7, 11) is 0. The molecule has 0 spiro atoms. The summed E-state index contributed by atoms with van der Waals surface area (Å²) in [4.78, 5) is 14.4. The Morgan fingerprint density at radius 1 is 0.750 bits per heavy atom. The molecule has 0 atom stereocenters. The lowest BCUT2D eigenvalue weighted by Crippen LogP contribution is -2.47. The van der Waals surface area contributed by atoms with Crippen molar-refractivity contribution in [3.05, 3.63) is 0 Å². The second-order valence-electron chi connectivity index (χ2n) is 7.44. The first-order valence-electron chi connectivity index (χ1n) is 9.93. The summed E-state index contributed by atoms with van der Waals surface area (Å²) < 4.78 is 28.9. The van der Waals surface area contributed by atoms with Gasteiger partial charge in [0, 0.05) is 29.3 Å². The van der Waals surface area contributed by atoms with Crippen LogP contribution in [0.2, 0.25) is 0 Å². The molecule has 1 amide bonds. The average molecular weight is 469 g/mol. The van der Waals surface area contributed by atoms with Crippen molar-refractivity contribution in [2.24, 2.45) is 0 Å². The van der Waals surface area contributed by atoms with E-state index in [1.165, 1.54) is 0 Å². The van der Waals surface area contributed by atoms with Crippen molar-refractivity contribution in [3.8, 4) is 0 Å². The van der Waals surface area contributed by atoms with Gasteiger partial charge in [-0.3, -0.25) is 4.79 Å². The maximum absolute atomic E-state index is 12.6. The van der Waals surface area contributed by atoms with E-state index in [2.05, 4.69) is 16.1 Å². The van der Waals surface area contributed by atoms with E-state index in [-0.39, 0.29) is 5.91 Å². The van der Waals surface area contributed by atoms with E-state index >= 15 is 0 Å². The molecule has 0 aromatic heterocycles. The van der Waals surface area contributed by atoms with Crippen LogP contribution in [0.5, 0.6) is 0 Å². The van der Waals surface area contributed by atoms with E-state index in [4.69, 9.17) is 23.7 Å². The molecule has 9 heteroatoms. The summed E-state index contributed by atoms with van der Waals surface area (Å²) in [5, 5.41) is 0. The number of hydrogen-bond acceptors (Lipinski definition) is 7. The minimum absolute atomic E-state index is 0.0910. The summed E-state index contributed by atoms with van der Waals surface area (Å²) in [5.41, 5.74) is -0.967. The van der Waals surface area contributed by atoms with Crippen LogP contribution in [0.1, 0.15) is 34.6 Å². The molecule has 1 aliphatic heterocycles. The van der Waals surface area contributed by atoms with Crippen LogP contribution in [0.25, 0.3) is 0 Å². The van der Waals surface area contributed by atoms with Gasteiger partial charge in [-0.15, -0.1) is 0 Å². The number of halogens is 1. The van der Waals surface area contributed by atoms with Gasteiger partial charge in [-0.05, 0) is 34.6 Å². The van der Waals surface area contributed by atoms with Crippen molar-refractivity contribution < 1.29 is 28.5 Å². The molecule has 0 unspecified atom stereocenters. The van der Waals surface area contributed by atoms with E-state index in [0.717, 1.165) is 0 Å². The summed E-state index contributed by atoms with van der Waals surface area (Å²) in [6.07, 6.45) is 0. The molecule has 0 aliphatic carbocycles. The number of nitrogens with zero attached hydrogens (tertiary/aromatic N) is 2. The maximum Gasteiger partial charge on any atom is 0.245 e. The number of carbonyl (C=O) groups excluding carboxylic acids is 1. The van der Waals surface area contributed by atoms with Crippen LogP contribution >= 0.6 is 16.1 Å². The van der Waals surface area contributed by atoms with E-state index in [9.17, 15) is 4.79 Å². The number of carbonyl (C=O) groups is 1. The zero-order chi connectivity index (χ0) is 21.0. The van der Waals surface area contributed by atoms with E-state index in [0.29, 0.717) is 72.6 Å². The maximum atomic E-state index is 12.6. The van der Waals surface area contributed by atoms with Crippen LogP contribution < -0.4 is 0 Å². The van der Waals surface area contributed by atoms with Gasteiger partial charge in [0.05, 0.1) is 59.5 Å². The highest BCUT2D eigenvalue weighted by atomic mass is 79.9. The standard InChI is InChI=1S/C19H37BrN2O6/c1-6-24-9-10-26-13-14-28-16-15-27-12-11-25-8-7-21-17(23)18(2,3)22(20)19(21,4)5/h6-16H2,1-5H3. The molecule has 8 nitrogen and oxygen atoms in total. The molecular weight excluding hydrogens is 432 g/mol. The predicted octanol–water partition coefficient (Wildman–Crippen LogP) is 2.06. The van der Waals surface area contributed by atoms with E-state index in [1.807, 2.05) is 43.4 Å². The topological polar surface area (TPSA) is 69.7 Å². The summed E-state index contributed by atoms with van der Waals surface area (Å²) in [5.74, 6) is 0.0910. The Labute approximate surface area is 178 Å². The van der Waals surface area contributed by atoms with E-state index < -0.39 is 11.2 Å². The van der Waals surface area contributed by atoms with Crippen LogP contribution in [0.4, 0.5) is 0 Å². The van der Waals surface area contributed by atoms with Gasteiger partial charge in [-0.2, -0.15) is 0 Å². The summed E-state index contributed by atoms with van der Waals surface area (Å²) in [6, 6.07) is 0. The van der Waals surface area contributed by atoms with Gasteiger partial charge in [0.25, 0.3) is 0 Å². The highest BCUT2D eigenvalue weighted by Crippen LogP contribution is 2.40. The Bertz CT molecular complexity index is 450. The Morgan fingerprint density at radius 2 is 1.14 bits per heavy atom. The van der Waals surface area contributed by atoms with Crippen LogP contribution in [0.3, 0.4) is 0 Å². The Kier molecular flexibility index (Phi) is 12.0. The fraction of sp³-hybridized carbons (Fsp3) is 0.947. The lowest BCUT2D eigenvalue weighted by atomic mass is 10.1. The molecule has 0 bridgehead atoms. The van der Waals surface area contributed by atoms with E-state index in [1.54, 1.807) is 0 Å². The molecule has 0 saturated carbocycles. The van der Waals surface area contributed by atoms with Crippen molar-refractivity contribution in [2.45, 2.75) is 45.8 Å². The van der Waals surface area contributed by atoms with Gasteiger partial charge >= 0.3 is 0 Å². The molecule has 0 N–H and O–H groups in total. The molecule has 1 saturated heterocycles. The fourth-order valence-electron chi connectivity index (χ4n) is 3.01. The first kappa shape index (κ1) is 25.7. The van der Waals surface area contributed by atoms with Gasteiger partial charge in [0.15, 0.2) is 0 Å². The number of amides is 1. The second-order valence-corrected chi connectivity index (χ2v) is 8.15. The lowest BCUT2D eigenvalue weighted by Gasteiger charge is -2.35. The number of hydrogen-bond donors (Lipinski definition) is 0. The largest absolute Gasteiger partial charge is 0.379 e. The highest BCUT2D eigenvalue weighted by Gasteiger charge is 2.55. The predicted molar refractivity (Wildman–Crippen MR) is 110 cm³/mol. The Morgan fingerprint density at radius 3 is 1.50 bits per heavy atom. The molecule has 1 aliphatic rings.